The minimum Gasteiger partial charge on any atom is -0.368 e. The fourth-order valence-corrected chi connectivity index (χ4v) is 3.12. The maximum Gasteiger partial charge on any atom is 0.223 e. The standard InChI is InChI=1S/C13H16ClF2N5O/c1-3-13(4-15)6(2)7(16)11(22-13)21-5-18-8-9(14)19-12(17)20-10(8)21/h5-7,11H,3-4H2,1-2H3,(H2,17,19,20)/t6-,7-,11+,13-/m0/s1. The van der Waals surface area contributed by atoms with Crippen LogP contribution in [0, 0.1) is 5.92 Å². The Labute approximate surface area is 130 Å². The maximum atomic E-state index is 14.7. The van der Waals surface area contributed by atoms with Gasteiger partial charge in [-0.1, -0.05) is 25.4 Å². The van der Waals surface area contributed by atoms with Crippen molar-refractivity contribution in [3.63, 3.8) is 0 Å². The highest BCUT2D eigenvalue weighted by atomic mass is 35.5. The molecule has 1 saturated heterocycles. The molecule has 2 aromatic heterocycles. The number of imidazole rings is 1. The third kappa shape index (κ3) is 2.04. The number of alkyl halides is 2. The van der Waals surface area contributed by atoms with Gasteiger partial charge < -0.3 is 10.5 Å². The number of aromatic nitrogens is 4. The lowest BCUT2D eigenvalue weighted by Gasteiger charge is -2.28. The number of fused-ring (bicyclic) bond motifs is 1. The molecule has 0 bridgehead atoms. The van der Waals surface area contributed by atoms with Crippen LogP contribution in [-0.4, -0.2) is 38.0 Å². The highest BCUT2D eigenvalue weighted by Gasteiger charge is 2.53. The first kappa shape index (κ1) is 15.4. The third-order valence-corrected chi connectivity index (χ3v) is 4.69. The largest absolute Gasteiger partial charge is 0.368 e. The number of hydrogen-bond acceptors (Lipinski definition) is 5. The van der Waals surface area contributed by atoms with E-state index in [1.807, 2.05) is 0 Å². The van der Waals surface area contributed by atoms with Gasteiger partial charge in [-0.25, -0.2) is 13.8 Å². The van der Waals surface area contributed by atoms with E-state index < -0.39 is 30.6 Å². The van der Waals surface area contributed by atoms with Crippen molar-refractivity contribution >= 4 is 28.7 Å². The van der Waals surface area contributed by atoms with Gasteiger partial charge >= 0.3 is 0 Å². The topological polar surface area (TPSA) is 78.8 Å². The van der Waals surface area contributed by atoms with Gasteiger partial charge in [0.2, 0.25) is 5.95 Å². The predicted octanol–water partition coefficient (Wildman–Crippen LogP) is 2.68. The number of nitrogens with zero attached hydrogens (tertiary/aromatic N) is 4. The summed E-state index contributed by atoms with van der Waals surface area (Å²) in [5, 5.41) is 0.0787. The summed E-state index contributed by atoms with van der Waals surface area (Å²) in [6.45, 7) is 2.66. The second kappa shape index (κ2) is 5.27. The lowest BCUT2D eigenvalue weighted by atomic mass is 9.86. The van der Waals surface area contributed by atoms with Crippen molar-refractivity contribution in [3.8, 4) is 0 Å². The zero-order valence-electron chi connectivity index (χ0n) is 12.1. The molecule has 120 valence electrons. The first-order valence-electron chi connectivity index (χ1n) is 6.97. The van der Waals surface area contributed by atoms with Crippen molar-refractivity contribution in [2.45, 2.75) is 38.3 Å². The van der Waals surface area contributed by atoms with Crippen LogP contribution in [0.15, 0.2) is 6.33 Å². The normalized spacial score (nSPS) is 32.0. The number of rotatable bonds is 3. The second-order valence-electron chi connectivity index (χ2n) is 5.49. The molecule has 0 aliphatic carbocycles. The fourth-order valence-electron chi connectivity index (χ4n) is 2.90. The van der Waals surface area contributed by atoms with Crippen molar-refractivity contribution in [2.24, 2.45) is 5.92 Å². The van der Waals surface area contributed by atoms with Gasteiger partial charge in [0.25, 0.3) is 0 Å². The van der Waals surface area contributed by atoms with Crippen LogP contribution in [0.25, 0.3) is 11.2 Å². The monoisotopic (exact) mass is 331 g/mol. The van der Waals surface area contributed by atoms with E-state index in [1.165, 1.54) is 10.9 Å². The Morgan fingerprint density at radius 2 is 2.23 bits per heavy atom. The number of ether oxygens (including phenoxy) is 1. The van der Waals surface area contributed by atoms with Crippen LogP contribution in [0.4, 0.5) is 14.7 Å². The Kier molecular flexibility index (Phi) is 3.68. The molecule has 6 nitrogen and oxygen atoms in total. The van der Waals surface area contributed by atoms with Crippen molar-refractivity contribution < 1.29 is 13.5 Å². The van der Waals surface area contributed by atoms with Gasteiger partial charge in [0.15, 0.2) is 23.2 Å². The van der Waals surface area contributed by atoms with Gasteiger partial charge in [-0.15, -0.1) is 0 Å². The van der Waals surface area contributed by atoms with Crippen molar-refractivity contribution in [3.05, 3.63) is 11.5 Å². The molecule has 0 aromatic carbocycles. The van der Waals surface area contributed by atoms with Crippen LogP contribution < -0.4 is 5.73 Å². The fraction of sp³-hybridized carbons (Fsp3) is 0.615. The molecule has 1 fully saturated rings. The molecular weight excluding hydrogens is 316 g/mol. The molecule has 0 radical (unpaired) electrons. The molecule has 2 aromatic rings. The number of hydrogen-bond donors (Lipinski definition) is 1. The smallest absolute Gasteiger partial charge is 0.223 e. The van der Waals surface area contributed by atoms with Crippen molar-refractivity contribution in [1.29, 1.82) is 0 Å². The highest BCUT2D eigenvalue weighted by molar-refractivity contribution is 6.33. The summed E-state index contributed by atoms with van der Waals surface area (Å²) in [6.07, 6.45) is -0.700. The molecule has 3 heterocycles. The van der Waals surface area contributed by atoms with Gasteiger partial charge in [0.05, 0.1) is 6.33 Å². The quantitative estimate of drug-likeness (QED) is 0.875. The lowest BCUT2D eigenvalue weighted by molar-refractivity contribution is -0.0992. The van der Waals surface area contributed by atoms with Crippen molar-refractivity contribution in [1.82, 2.24) is 19.5 Å². The lowest BCUT2D eigenvalue weighted by Crippen LogP contribution is -2.37. The average Bonchev–Trinajstić information content (AvgIpc) is 3.01. The molecule has 4 atom stereocenters. The Bertz CT molecular complexity index is 705. The molecule has 0 amide bonds. The first-order valence-corrected chi connectivity index (χ1v) is 7.34. The number of halogens is 3. The summed E-state index contributed by atoms with van der Waals surface area (Å²) in [4.78, 5) is 11.9. The molecular formula is C13H16ClF2N5O. The summed E-state index contributed by atoms with van der Waals surface area (Å²) >= 11 is 5.96. The molecule has 1 aliphatic heterocycles. The summed E-state index contributed by atoms with van der Waals surface area (Å²) in [5.41, 5.74) is 4.99. The molecule has 9 heteroatoms. The van der Waals surface area contributed by atoms with Crippen LogP contribution in [0.1, 0.15) is 26.5 Å². The van der Waals surface area contributed by atoms with Crippen molar-refractivity contribution in [2.75, 3.05) is 12.4 Å². The van der Waals surface area contributed by atoms with E-state index >= 15 is 0 Å². The second-order valence-corrected chi connectivity index (χ2v) is 5.85. The van der Waals surface area contributed by atoms with E-state index in [0.717, 1.165) is 0 Å². The van der Waals surface area contributed by atoms with E-state index in [1.54, 1.807) is 13.8 Å². The van der Waals surface area contributed by atoms with Gasteiger partial charge in [0.1, 0.15) is 17.8 Å². The molecule has 0 unspecified atom stereocenters. The van der Waals surface area contributed by atoms with Gasteiger partial charge in [-0.3, -0.25) is 4.57 Å². The molecule has 2 N–H and O–H groups in total. The van der Waals surface area contributed by atoms with Crippen LogP contribution in [-0.2, 0) is 4.74 Å². The minimum absolute atomic E-state index is 0.0482. The molecule has 0 spiro atoms. The molecule has 3 rings (SSSR count). The third-order valence-electron chi connectivity index (χ3n) is 4.43. The summed E-state index contributed by atoms with van der Waals surface area (Å²) in [6, 6.07) is 0. The Hall–Kier alpha value is -1.54. The zero-order chi connectivity index (χ0) is 16.1. The highest BCUT2D eigenvalue weighted by Crippen LogP contribution is 2.46. The van der Waals surface area contributed by atoms with E-state index in [0.29, 0.717) is 11.9 Å². The van der Waals surface area contributed by atoms with E-state index in [4.69, 9.17) is 22.1 Å². The molecule has 0 saturated carbocycles. The van der Waals surface area contributed by atoms with Crippen LogP contribution in [0.3, 0.4) is 0 Å². The van der Waals surface area contributed by atoms with Gasteiger partial charge in [-0.05, 0) is 6.42 Å². The first-order chi connectivity index (χ1) is 10.4. The molecule has 22 heavy (non-hydrogen) atoms. The number of nitrogens with two attached hydrogens (primary N) is 1. The van der Waals surface area contributed by atoms with Crippen LogP contribution >= 0.6 is 11.6 Å². The van der Waals surface area contributed by atoms with Gasteiger partial charge in [-0.2, -0.15) is 9.97 Å². The molecule has 1 aliphatic rings. The van der Waals surface area contributed by atoms with Crippen LogP contribution in [0.5, 0.6) is 0 Å². The SMILES string of the molecule is CC[C@@]1(CF)O[C@@H](n2cnc3c(Cl)nc(N)nc32)[C@@H](F)[C@@H]1C. The predicted molar refractivity (Wildman–Crippen MR) is 77.9 cm³/mol. The number of nitrogen functional groups attached to an aromatic ring is 1. The van der Waals surface area contributed by atoms with E-state index in [-0.39, 0.29) is 16.7 Å². The minimum atomic E-state index is -1.40. The van der Waals surface area contributed by atoms with Gasteiger partial charge in [0, 0.05) is 5.92 Å². The Morgan fingerprint density at radius 3 is 2.82 bits per heavy atom. The average molecular weight is 332 g/mol. The van der Waals surface area contributed by atoms with E-state index in [2.05, 4.69) is 15.0 Å². The van der Waals surface area contributed by atoms with Crippen LogP contribution in [0.2, 0.25) is 5.15 Å². The number of anilines is 1. The Balaban J connectivity index is 2.09. The van der Waals surface area contributed by atoms with E-state index in [9.17, 15) is 8.78 Å². The Morgan fingerprint density at radius 1 is 1.50 bits per heavy atom. The summed E-state index contributed by atoms with van der Waals surface area (Å²) in [5.74, 6) is -0.646. The zero-order valence-corrected chi connectivity index (χ0v) is 12.9. The summed E-state index contributed by atoms with van der Waals surface area (Å²) < 4.78 is 35.3. The maximum absolute atomic E-state index is 14.7. The summed E-state index contributed by atoms with van der Waals surface area (Å²) in [7, 11) is 0.